The van der Waals surface area contributed by atoms with Crippen LogP contribution in [0.15, 0.2) is 39.9 Å². The lowest BCUT2D eigenvalue weighted by Crippen LogP contribution is -2.22. The van der Waals surface area contributed by atoms with E-state index in [-0.39, 0.29) is 28.4 Å². The highest BCUT2D eigenvalue weighted by molar-refractivity contribution is 8.26. The largest absolute Gasteiger partial charge is 0.493 e. The van der Waals surface area contributed by atoms with Gasteiger partial charge in [-0.1, -0.05) is 30.0 Å². The summed E-state index contributed by atoms with van der Waals surface area (Å²) in [5.41, 5.74) is 0.566. The molecule has 0 N–H and O–H groups in total. The lowest BCUT2D eigenvalue weighted by atomic mass is 10.1. The molecule has 2 aromatic carbocycles. The second-order valence-corrected chi connectivity index (χ2v) is 7.73. The van der Waals surface area contributed by atoms with Gasteiger partial charge in [0.2, 0.25) is 5.52 Å². The summed E-state index contributed by atoms with van der Waals surface area (Å²) in [6, 6.07) is 7.75. The minimum atomic E-state index is -0.579. The first-order valence-electron chi connectivity index (χ1n) is 8.36. The van der Waals surface area contributed by atoms with Crippen molar-refractivity contribution in [3.8, 4) is 17.2 Å². The molecule has 1 fully saturated rings. The van der Waals surface area contributed by atoms with E-state index in [1.165, 1.54) is 35.9 Å². The zero-order valence-corrected chi connectivity index (χ0v) is 17.2. The number of nitro groups is 1. The molecular formula is C18H12N4O6S2. The number of ether oxygens (including phenoxy) is 2. The van der Waals surface area contributed by atoms with Crippen LogP contribution in [0.5, 0.6) is 17.2 Å². The monoisotopic (exact) mass is 444 g/mol. The van der Waals surface area contributed by atoms with Crippen molar-refractivity contribution in [1.29, 1.82) is 0 Å². The average Bonchev–Trinajstić information content (AvgIpc) is 3.31. The van der Waals surface area contributed by atoms with Crippen molar-refractivity contribution < 1.29 is 23.8 Å². The van der Waals surface area contributed by atoms with Crippen LogP contribution in [0.3, 0.4) is 0 Å². The standard InChI is InChI=1S/C18H12N4O6S2/c1-21-17(23)14(30-18(21)29)8-9-3-5-11(13(7-9)26-2)27-12-6-4-10(22(24)25)15-16(12)20-28-19-15/h3-8H,1-2H3. The quantitative estimate of drug-likeness (QED) is 0.249. The Bertz CT molecular complexity index is 1240. The van der Waals surface area contributed by atoms with Gasteiger partial charge in [-0.05, 0) is 40.2 Å². The topological polar surface area (TPSA) is 121 Å². The highest BCUT2D eigenvalue weighted by atomic mass is 32.2. The van der Waals surface area contributed by atoms with Gasteiger partial charge in [0.25, 0.3) is 5.91 Å². The maximum Gasteiger partial charge on any atom is 0.301 e. The highest BCUT2D eigenvalue weighted by Gasteiger charge is 2.28. The number of carbonyl (C=O) groups is 1. The zero-order valence-electron chi connectivity index (χ0n) is 15.5. The first kappa shape index (κ1) is 19.8. The smallest absolute Gasteiger partial charge is 0.301 e. The van der Waals surface area contributed by atoms with Gasteiger partial charge in [0.15, 0.2) is 22.8 Å². The molecule has 0 bridgehead atoms. The molecule has 4 rings (SSSR count). The van der Waals surface area contributed by atoms with Crippen molar-refractivity contribution in [2.24, 2.45) is 0 Å². The fraction of sp³-hybridized carbons (Fsp3) is 0.111. The number of likely N-dealkylation sites (N-methyl/N-ethyl adjacent to an activating group) is 1. The maximum atomic E-state index is 12.2. The molecule has 30 heavy (non-hydrogen) atoms. The number of non-ortho nitro benzene ring substituents is 1. The molecule has 2 heterocycles. The number of fused-ring (bicyclic) bond motifs is 1. The Kier molecular flexibility index (Phi) is 5.10. The lowest BCUT2D eigenvalue weighted by molar-refractivity contribution is -0.383. The van der Waals surface area contributed by atoms with Gasteiger partial charge < -0.3 is 9.47 Å². The van der Waals surface area contributed by atoms with E-state index >= 15 is 0 Å². The van der Waals surface area contributed by atoms with Gasteiger partial charge in [-0.15, -0.1) is 0 Å². The van der Waals surface area contributed by atoms with Crippen LogP contribution in [0, 0.1) is 10.1 Å². The number of hydrogen-bond donors (Lipinski definition) is 0. The Balaban J connectivity index is 1.67. The molecule has 0 aliphatic carbocycles. The van der Waals surface area contributed by atoms with Crippen LogP contribution in [-0.4, -0.2) is 44.5 Å². The minimum absolute atomic E-state index is 0.0188. The highest BCUT2D eigenvalue weighted by Crippen LogP contribution is 2.38. The molecule has 0 spiro atoms. The molecule has 0 atom stereocenters. The maximum absolute atomic E-state index is 12.2. The summed E-state index contributed by atoms with van der Waals surface area (Å²) in [6.45, 7) is 0. The SMILES string of the molecule is COc1cc(C=C2SC(=S)N(C)C2=O)ccc1Oc1ccc([N+](=O)[O-])c2nonc12. The summed E-state index contributed by atoms with van der Waals surface area (Å²) in [6.07, 6.45) is 1.71. The Morgan fingerprint density at radius 3 is 2.60 bits per heavy atom. The van der Waals surface area contributed by atoms with Crippen molar-refractivity contribution in [2.75, 3.05) is 14.2 Å². The van der Waals surface area contributed by atoms with Gasteiger partial charge in [0.1, 0.15) is 4.32 Å². The number of amides is 1. The number of nitro benzene ring substituents is 1. The number of thiocarbonyl (C=S) groups is 1. The summed E-state index contributed by atoms with van der Waals surface area (Å²) >= 11 is 6.35. The predicted octanol–water partition coefficient (Wildman–Crippen LogP) is 3.76. The van der Waals surface area contributed by atoms with Crippen molar-refractivity contribution in [1.82, 2.24) is 15.2 Å². The van der Waals surface area contributed by atoms with Crippen LogP contribution in [0.4, 0.5) is 5.69 Å². The Labute approximate surface area is 178 Å². The van der Waals surface area contributed by atoms with Crippen molar-refractivity contribution >= 4 is 57.0 Å². The number of hydrogen-bond acceptors (Lipinski definition) is 10. The van der Waals surface area contributed by atoms with E-state index in [2.05, 4.69) is 14.9 Å². The van der Waals surface area contributed by atoms with Crippen LogP contribution < -0.4 is 9.47 Å². The summed E-state index contributed by atoms with van der Waals surface area (Å²) < 4.78 is 16.4. The number of nitrogens with zero attached hydrogens (tertiary/aromatic N) is 4. The fourth-order valence-corrected chi connectivity index (χ4v) is 3.91. The molecule has 1 saturated heterocycles. The van der Waals surface area contributed by atoms with E-state index in [9.17, 15) is 14.9 Å². The van der Waals surface area contributed by atoms with Crippen LogP contribution in [0.2, 0.25) is 0 Å². The molecule has 152 valence electrons. The number of rotatable bonds is 5. The Hall–Kier alpha value is -3.51. The predicted molar refractivity (Wildman–Crippen MR) is 112 cm³/mol. The van der Waals surface area contributed by atoms with Gasteiger partial charge in [0.05, 0.1) is 16.9 Å². The lowest BCUT2D eigenvalue weighted by Gasteiger charge is -2.11. The van der Waals surface area contributed by atoms with Crippen molar-refractivity contribution in [3.63, 3.8) is 0 Å². The molecule has 0 radical (unpaired) electrons. The van der Waals surface area contributed by atoms with Crippen molar-refractivity contribution in [3.05, 3.63) is 50.9 Å². The van der Waals surface area contributed by atoms with Gasteiger partial charge in [-0.2, -0.15) is 0 Å². The molecule has 1 aliphatic rings. The van der Waals surface area contributed by atoms with Gasteiger partial charge in [-0.25, -0.2) is 4.63 Å². The van der Waals surface area contributed by atoms with Crippen LogP contribution >= 0.6 is 24.0 Å². The van der Waals surface area contributed by atoms with E-state index in [0.717, 1.165) is 0 Å². The Morgan fingerprint density at radius 2 is 1.93 bits per heavy atom. The van der Waals surface area contributed by atoms with E-state index in [4.69, 9.17) is 21.7 Å². The normalized spacial score (nSPS) is 15.3. The van der Waals surface area contributed by atoms with E-state index in [0.29, 0.717) is 26.3 Å². The molecule has 0 unspecified atom stereocenters. The van der Waals surface area contributed by atoms with E-state index in [1.807, 2.05) is 0 Å². The number of methoxy groups -OCH3 is 1. The third kappa shape index (κ3) is 3.46. The van der Waals surface area contributed by atoms with Crippen LogP contribution in [0.1, 0.15) is 5.56 Å². The third-order valence-corrected chi connectivity index (χ3v) is 5.73. The van der Waals surface area contributed by atoms with Crippen molar-refractivity contribution in [2.45, 2.75) is 0 Å². The average molecular weight is 444 g/mol. The molecule has 0 saturated carbocycles. The minimum Gasteiger partial charge on any atom is -0.493 e. The first-order chi connectivity index (χ1) is 14.4. The summed E-state index contributed by atoms with van der Waals surface area (Å²) in [4.78, 5) is 24.6. The van der Waals surface area contributed by atoms with Gasteiger partial charge in [0, 0.05) is 13.1 Å². The fourth-order valence-electron chi connectivity index (χ4n) is 2.73. The number of carbonyl (C=O) groups excluding carboxylic acids is 1. The number of aromatic nitrogens is 2. The molecule has 10 nitrogen and oxygen atoms in total. The molecular weight excluding hydrogens is 432 g/mol. The van der Waals surface area contributed by atoms with Gasteiger partial charge >= 0.3 is 5.69 Å². The second-order valence-electron chi connectivity index (χ2n) is 6.05. The molecule has 3 aromatic rings. The third-order valence-electron chi connectivity index (χ3n) is 4.25. The molecule has 1 aromatic heterocycles. The zero-order chi connectivity index (χ0) is 21.4. The summed E-state index contributed by atoms with van der Waals surface area (Å²) in [7, 11) is 3.10. The molecule has 1 aliphatic heterocycles. The van der Waals surface area contributed by atoms with E-state index < -0.39 is 4.92 Å². The second kappa shape index (κ2) is 7.72. The summed E-state index contributed by atoms with van der Waals surface area (Å²) in [5, 5.41) is 18.4. The summed E-state index contributed by atoms with van der Waals surface area (Å²) in [5.74, 6) is 0.778. The van der Waals surface area contributed by atoms with Gasteiger partial charge in [-0.3, -0.25) is 19.8 Å². The van der Waals surface area contributed by atoms with E-state index in [1.54, 1.807) is 31.3 Å². The number of thioether (sulfide) groups is 1. The number of benzene rings is 2. The first-order valence-corrected chi connectivity index (χ1v) is 9.58. The molecule has 12 heteroatoms. The molecule has 1 amide bonds. The van der Waals surface area contributed by atoms with Crippen LogP contribution in [-0.2, 0) is 4.79 Å². The Morgan fingerprint density at radius 1 is 1.20 bits per heavy atom. The van der Waals surface area contributed by atoms with Crippen LogP contribution in [0.25, 0.3) is 17.1 Å².